The standard InChI is InChI=1S/C18H27FN2O/c1-13(9-14-5-4-7-16(19)11-14)10-18(22)21-17-8-3-2-6-15(17)12-20/h4-5,7,11,13,15,17H,2-3,6,8-10,12,20H2,1H3,(H,21,22). The molecule has 1 fully saturated rings. The Morgan fingerprint density at radius 1 is 1.41 bits per heavy atom. The van der Waals surface area contributed by atoms with Crippen molar-refractivity contribution in [3.05, 3.63) is 35.6 Å². The maximum atomic E-state index is 13.2. The van der Waals surface area contributed by atoms with E-state index in [0.29, 0.717) is 18.9 Å². The van der Waals surface area contributed by atoms with Gasteiger partial charge in [0.05, 0.1) is 0 Å². The normalized spacial score (nSPS) is 23.0. The first-order valence-electron chi connectivity index (χ1n) is 8.32. The lowest BCUT2D eigenvalue weighted by atomic mass is 9.84. The van der Waals surface area contributed by atoms with Crippen LogP contribution >= 0.6 is 0 Å². The highest BCUT2D eigenvalue weighted by molar-refractivity contribution is 5.76. The highest BCUT2D eigenvalue weighted by Gasteiger charge is 2.25. The number of nitrogens with one attached hydrogen (secondary N) is 1. The molecule has 3 N–H and O–H groups in total. The van der Waals surface area contributed by atoms with Crippen molar-refractivity contribution in [3.8, 4) is 0 Å². The molecular weight excluding hydrogens is 279 g/mol. The van der Waals surface area contributed by atoms with E-state index in [1.165, 1.54) is 18.9 Å². The van der Waals surface area contributed by atoms with Gasteiger partial charge in [-0.3, -0.25) is 4.79 Å². The lowest BCUT2D eigenvalue weighted by molar-refractivity contribution is -0.123. The molecule has 3 atom stereocenters. The van der Waals surface area contributed by atoms with Crippen LogP contribution in [0.3, 0.4) is 0 Å². The quantitative estimate of drug-likeness (QED) is 0.849. The molecule has 0 heterocycles. The van der Waals surface area contributed by atoms with E-state index >= 15 is 0 Å². The summed E-state index contributed by atoms with van der Waals surface area (Å²) in [5.41, 5.74) is 6.74. The summed E-state index contributed by atoms with van der Waals surface area (Å²) < 4.78 is 13.2. The monoisotopic (exact) mass is 306 g/mol. The van der Waals surface area contributed by atoms with Crippen LogP contribution in [0.15, 0.2) is 24.3 Å². The van der Waals surface area contributed by atoms with Crippen molar-refractivity contribution in [2.45, 2.75) is 51.5 Å². The Labute approximate surface area is 132 Å². The van der Waals surface area contributed by atoms with Crippen molar-refractivity contribution in [3.63, 3.8) is 0 Å². The van der Waals surface area contributed by atoms with Gasteiger partial charge in [-0.2, -0.15) is 0 Å². The number of carbonyl (C=O) groups is 1. The Morgan fingerprint density at radius 3 is 2.91 bits per heavy atom. The largest absolute Gasteiger partial charge is 0.353 e. The first-order valence-corrected chi connectivity index (χ1v) is 8.32. The van der Waals surface area contributed by atoms with Gasteiger partial charge in [-0.1, -0.05) is 31.9 Å². The van der Waals surface area contributed by atoms with Crippen LogP contribution in [-0.4, -0.2) is 18.5 Å². The van der Waals surface area contributed by atoms with E-state index in [4.69, 9.17) is 5.73 Å². The van der Waals surface area contributed by atoms with Gasteiger partial charge in [0.1, 0.15) is 5.82 Å². The minimum absolute atomic E-state index is 0.0919. The molecule has 1 aromatic carbocycles. The van der Waals surface area contributed by atoms with E-state index in [-0.39, 0.29) is 23.7 Å². The van der Waals surface area contributed by atoms with E-state index in [1.54, 1.807) is 12.1 Å². The molecule has 1 amide bonds. The SMILES string of the molecule is CC(CC(=O)NC1CCCCC1CN)Cc1cccc(F)c1. The molecule has 0 aromatic heterocycles. The zero-order valence-corrected chi connectivity index (χ0v) is 13.4. The zero-order chi connectivity index (χ0) is 15.9. The van der Waals surface area contributed by atoms with Crippen molar-refractivity contribution in [2.75, 3.05) is 6.54 Å². The number of rotatable bonds is 6. The first kappa shape index (κ1) is 16.9. The zero-order valence-electron chi connectivity index (χ0n) is 13.4. The molecule has 1 aliphatic carbocycles. The predicted molar refractivity (Wildman–Crippen MR) is 86.8 cm³/mol. The fraction of sp³-hybridized carbons (Fsp3) is 0.611. The Balaban J connectivity index is 1.80. The van der Waals surface area contributed by atoms with Gasteiger partial charge in [-0.25, -0.2) is 4.39 Å². The number of carbonyl (C=O) groups excluding carboxylic acids is 1. The summed E-state index contributed by atoms with van der Waals surface area (Å²) in [5, 5.41) is 3.15. The van der Waals surface area contributed by atoms with Crippen LogP contribution in [0, 0.1) is 17.7 Å². The molecule has 1 aliphatic rings. The van der Waals surface area contributed by atoms with Crippen LogP contribution in [-0.2, 0) is 11.2 Å². The van der Waals surface area contributed by atoms with Crippen molar-refractivity contribution in [1.82, 2.24) is 5.32 Å². The van der Waals surface area contributed by atoms with Crippen molar-refractivity contribution in [1.29, 1.82) is 0 Å². The number of amides is 1. The van der Waals surface area contributed by atoms with Gasteiger partial charge in [-0.15, -0.1) is 0 Å². The second-order valence-electron chi connectivity index (χ2n) is 6.60. The minimum Gasteiger partial charge on any atom is -0.353 e. The summed E-state index contributed by atoms with van der Waals surface area (Å²) in [7, 11) is 0. The predicted octanol–water partition coefficient (Wildman–Crippen LogP) is 3.03. The molecular formula is C18H27FN2O. The Hall–Kier alpha value is -1.42. The Bertz CT molecular complexity index is 492. The molecule has 3 nitrogen and oxygen atoms in total. The highest BCUT2D eigenvalue weighted by Crippen LogP contribution is 2.24. The van der Waals surface area contributed by atoms with Crippen molar-refractivity contribution >= 4 is 5.91 Å². The number of benzene rings is 1. The molecule has 4 heteroatoms. The third-order valence-electron chi connectivity index (χ3n) is 4.57. The second kappa shape index (κ2) is 8.28. The van der Waals surface area contributed by atoms with Crippen molar-refractivity contribution < 1.29 is 9.18 Å². The lowest BCUT2D eigenvalue weighted by Gasteiger charge is -2.31. The van der Waals surface area contributed by atoms with Gasteiger partial charge in [0, 0.05) is 12.5 Å². The van der Waals surface area contributed by atoms with Crippen LogP contribution in [0.2, 0.25) is 0 Å². The number of halogens is 1. The summed E-state index contributed by atoms with van der Waals surface area (Å²) >= 11 is 0. The van der Waals surface area contributed by atoms with Crippen molar-refractivity contribution in [2.24, 2.45) is 17.6 Å². The van der Waals surface area contributed by atoms with E-state index < -0.39 is 0 Å². The van der Waals surface area contributed by atoms with Crippen LogP contribution in [0.25, 0.3) is 0 Å². The molecule has 1 aromatic rings. The fourth-order valence-corrected chi connectivity index (χ4v) is 3.40. The molecule has 0 bridgehead atoms. The smallest absolute Gasteiger partial charge is 0.220 e. The molecule has 0 aliphatic heterocycles. The topological polar surface area (TPSA) is 55.1 Å². The number of nitrogens with two attached hydrogens (primary N) is 1. The van der Waals surface area contributed by atoms with Gasteiger partial charge in [0.25, 0.3) is 0 Å². The number of hydrogen-bond donors (Lipinski definition) is 2. The molecule has 1 saturated carbocycles. The van der Waals surface area contributed by atoms with Gasteiger partial charge < -0.3 is 11.1 Å². The van der Waals surface area contributed by atoms with Crippen LogP contribution in [0.5, 0.6) is 0 Å². The van der Waals surface area contributed by atoms with Crippen LogP contribution < -0.4 is 11.1 Å². The molecule has 3 unspecified atom stereocenters. The molecule has 122 valence electrons. The summed E-state index contributed by atoms with van der Waals surface area (Å²) in [6.45, 7) is 2.68. The van der Waals surface area contributed by atoms with E-state index in [9.17, 15) is 9.18 Å². The molecule has 2 rings (SSSR count). The van der Waals surface area contributed by atoms with Crippen LogP contribution in [0.4, 0.5) is 4.39 Å². The lowest BCUT2D eigenvalue weighted by Crippen LogP contribution is -2.45. The molecule has 0 saturated heterocycles. The van der Waals surface area contributed by atoms with Gasteiger partial charge >= 0.3 is 0 Å². The number of hydrogen-bond acceptors (Lipinski definition) is 2. The maximum Gasteiger partial charge on any atom is 0.220 e. The van der Waals surface area contributed by atoms with Gasteiger partial charge in [0.15, 0.2) is 0 Å². The summed E-state index contributed by atoms with van der Waals surface area (Å²) in [4.78, 5) is 12.2. The van der Waals surface area contributed by atoms with Gasteiger partial charge in [0.2, 0.25) is 5.91 Å². The van der Waals surface area contributed by atoms with Gasteiger partial charge in [-0.05, 0) is 55.3 Å². The van der Waals surface area contributed by atoms with E-state index in [1.807, 2.05) is 13.0 Å². The Kier molecular flexibility index (Phi) is 6.37. The summed E-state index contributed by atoms with van der Waals surface area (Å²) in [5.74, 6) is 0.481. The van der Waals surface area contributed by atoms with E-state index in [0.717, 1.165) is 24.8 Å². The average Bonchev–Trinajstić information content (AvgIpc) is 2.47. The third kappa shape index (κ3) is 5.09. The molecule has 0 spiro atoms. The molecule has 22 heavy (non-hydrogen) atoms. The third-order valence-corrected chi connectivity index (χ3v) is 4.57. The average molecular weight is 306 g/mol. The first-order chi connectivity index (χ1) is 10.6. The van der Waals surface area contributed by atoms with E-state index in [2.05, 4.69) is 5.32 Å². The highest BCUT2D eigenvalue weighted by atomic mass is 19.1. The summed E-state index contributed by atoms with van der Waals surface area (Å²) in [6, 6.07) is 6.83. The Morgan fingerprint density at radius 2 is 2.18 bits per heavy atom. The summed E-state index contributed by atoms with van der Waals surface area (Å²) in [6.07, 6.45) is 5.72. The second-order valence-corrected chi connectivity index (χ2v) is 6.60. The maximum absolute atomic E-state index is 13.2. The van der Waals surface area contributed by atoms with Crippen LogP contribution in [0.1, 0.15) is 44.6 Å². The molecule has 0 radical (unpaired) electrons. The fourth-order valence-electron chi connectivity index (χ4n) is 3.40. The minimum atomic E-state index is -0.220.